The maximum Gasteiger partial charge on any atom is 0.240 e. The van der Waals surface area contributed by atoms with Crippen molar-refractivity contribution in [2.75, 3.05) is 6.26 Å². The molecule has 0 atom stereocenters. The highest BCUT2D eigenvalue weighted by Gasteiger charge is 2.25. The lowest BCUT2D eigenvalue weighted by Gasteiger charge is -2.27. The molecular formula is C13H17BrFNO2S2. The first kappa shape index (κ1) is 16.3. The third-order valence-corrected chi connectivity index (χ3v) is 6.83. The van der Waals surface area contributed by atoms with E-state index in [-0.39, 0.29) is 15.4 Å². The fraction of sp³-hybridized carbons (Fsp3) is 0.538. The third-order valence-electron chi connectivity index (χ3n) is 3.53. The Hall–Kier alpha value is -0.110. The van der Waals surface area contributed by atoms with Crippen LogP contribution in [0, 0.1) is 5.82 Å². The first-order chi connectivity index (χ1) is 9.42. The van der Waals surface area contributed by atoms with Crippen LogP contribution < -0.4 is 4.72 Å². The van der Waals surface area contributed by atoms with Crippen LogP contribution in [0.5, 0.6) is 0 Å². The first-order valence-corrected chi connectivity index (χ1v) is 9.99. The molecule has 1 aromatic rings. The number of thioether (sulfide) groups is 1. The molecule has 2 rings (SSSR count). The minimum absolute atomic E-state index is 0.0230. The summed E-state index contributed by atoms with van der Waals surface area (Å²) in [5.41, 5.74) is 0. The second-order valence-corrected chi connectivity index (χ2v) is 8.61. The molecular weight excluding hydrogens is 365 g/mol. The number of nitrogens with one attached hydrogen (secondary N) is 1. The molecule has 7 heteroatoms. The van der Waals surface area contributed by atoms with Crippen LogP contribution in [0.25, 0.3) is 0 Å². The molecule has 112 valence electrons. The van der Waals surface area contributed by atoms with E-state index >= 15 is 0 Å². The first-order valence-electron chi connectivity index (χ1n) is 6.42. The van der Waals surface area contributed by atoms with E-state index in [1.54, 1.807) is 0 Å². The van der Waals surface area contributed by atoms with Gasteiger partial charge in [-0.15, -0.1) is 0 Å². The van der Waals surface area contributed by atoms with E-state index < -0.39 is 15.8 Å². The summed E-state index contributed by atoms with van der Waals surface area (Å²) in [5.74, 6) is -0.570. The Morgan fingerprint density at radius 1 is 1.30 bits per heavy atom. The molecule has 20 heavy (non-hydrogen) atoms. The zero-order valence-electron chi connectivity index (χ0n) is 11.1. The van der Waals surface area contributed by atoms with Crippen molar-refractivity contribution in [2.24, 2.45) is 0 Å². The molecule has 0 radical (unpaired) electrons. The van der Waals surface area contributed by atoms with Crippen LogP contribution in [0.3, 0.4) is 0 Å². The van der Waals surface area contributed by atoms with Gasteiger partial charge in [-0.2, -0.15) is 11.8 Å². The standard InChI is InChI=1S/C13H17BrFNO2S2/c1-19-10-4-2-9(3-5-10)16-20(17,18)11-6-7-12(14)13(15)8-11/h6-10,16H,2-5H2,1H3. The van der Waals surface area contributed by atoms with Gasteiger partial charge in [0, 0.05) is 11.3 Å². The number of hydrogen-bond acceptors (Lipinski definition) is 3. The highest BCUT2D eigenvalue weighted by Crippen LogP contribution is 2.28. The molecule has 3 nitrogen and oxygen atoms in total. The lowest BCUT2D eigenvalue weighted by molar-refractivity contribution is 0.420. The summed E-state index contributed by atoms with van der Waals surface area (Å²) in [6.07, 6.45) is 5.79. The predicted molar refractivity (Wildman–Crippen MR) is 84.0 cm³/mol. The Balaban J connectivity index is 2.06. The highest BCUT2D eigenvalue weighted by atomic mass is 79.9. The summed E-state index contributed by atoms with van der Waals surface area (Å²) in [4.78, 5) is -0.0230. The Bertz CT molecular complexity index is 572. The normalized spacial score (nSPS) is 23.8. The van der Waals surface area contributed by atoms with Crippen molar-refractivity contribution >= 4 is 37.7 Å². The molecule has 0 spiro atoms. The number of hydrogen-bond donors (Lipinski definition) is 1. The maximum absolute atomic E-state index is 13.4. The molecule has 0 heterocycles. The van der Waals surface area contributed by atoms with Gasteiger partial charge in [-0.1, -0.05) is 0 Å². The van der Waals surface area contributed by atoms with Crippen molar-refractivity contribution in [1.29, 1.82) is 0 Å². The highest BCUT2D eigenvalue weighted by molar-refractivity contribution is 9.10. The summed E-state index contributed by atoms with van der Waals surface area (Å²) in [7, 11) is -3.64. The van der Waals surface area contributed by atoms with Gasteiger partial charge in [-0.25, -0.2) is 17.5 Å². The molecule has 0 aromatic heterocycles. The van der Waals surface area contributed by atoms with Crippen LogP contribution in [0.4, 0.5) is 4.39 Å². The topological polar surface area (TPSA) is 46.2 Å². The van der Waals surface area contributed by atoms with E-state index in [1.807, 2.05) is 11.8 Å². The fourth-order valence-corrected chi connectivity index (χ4v) is 4.65. The quantitative estimate of drug-likeness (QED) is 0.867. The summed E-state index contributed by atoms with van der Waals surface area (Å²) in [6.45, 7) is 0. The van der Waals surface area contributed by atoms with E-state index in [0.29, 0.717) is 5.25 Å². The third kappa shape index (κ3) is 3.96. The Labute approximate surface area is 131 Å². The van der Waals surface area contributed by atoms with Crippen molar-refractivity contribution < 1.29 is 12.8 Å². The summed E-state index contributed by atoms with van der Waals surface area (Å²) in [6, 6.07) is 3.81. The molecule has 0 unspecified atom stereocenters. The average Bonchev–Trinajstić information content (AvgIpc) is 2.42. The largest absolute Gasteiger partial charge is 0.240 e. The lowest BCUT2D eigenvalue weighted by atomic mass is 9.96. The van der Waals surface area contributed by atoms with Crippen LogP contribution in [0.15, 0.2) is 27.6 Å². The zero-order chi connectivity index (χ0) is 14.8. The van der Waals surface area contributed by atoms with Gasteiger partial charge in [0.05, 0.1) is 9.37 Å². The summed E-state index contributed by atoms with van der Waals surface area (Å²) >= 11 is 4.85. The van der Waals surface area contributed by atoms with Crippen molar-refractivity contribution in [2.45, 2.75) is 41.9 Å². The van der Waals surface area contributed by atoms with Gasteiger partial charge < -0.3 is 0 Å². The second kappa shape index (κ2) is 6.77. The Morgan fingerprint density at radius 3 is 2.50 bits per heavy atom. The van der Waals surface area contributed by atoms with Crippen LogP contribution in [0.1, 0.15) is 25.7 Å². The molecule has 0 saturated heterocycles. The van der Waals surface area contributed by atoms with Crippen molar-refractivity contribution in [3.05, 3.63) is 28.5 Å². The number of halogens is 2. The van der Waals surface area contributed by atoms with Crippen LogP contribution in [-0.2, 0) is 10.0 Å². The maximum atomic E-state index is 13.4. The molecule has 1 saturated carbocycles. The molecule has 1 fully saturated rings. The van der Waals surface area contributed by atoms with E-state index in [4.69, 9.17) is 0 Å². The molecule has 1 aliphatic carbocycles. The summed E-state index contributed by atoms with van der Waals surface area (Å²) in [5, 5.41) is 0.626. The molecule has 0 bridgehead atoms. The number of sulfonamides is 1. The molecule has 1 N–H and O–H groups in total. The fourth-order valence-electron chi connectivity index (χ4n) is 2.35. The van der Waals surface area contributed by atoms with Crippen LogP contribution >= 0.6 is 27.7 Å². The minimum Gasteiger partial charge on any atom is -0.208 e. The predicted octanol–water partition coefficient (Wildman–Crippen LogP) is 3.54. The SMILES string of the molecule is CSC1CCC(NS(=O)(=O)c2ccc(Br)c(F)c2)CC1. The second-order valence-electron chi connectivity index (χ2n) is 4.91. The smallest absolute Gasteiger partial charge is 0.208 e. The van der Waals surface area contributed by atoms with Gasteiger partial charge in [-0.3, -0.25) is 0 Å². The monoisotopic (exact) mass is 381 g/mol. The van der Waals surface area contributed by atoms with Gasteiger partial charge in [0.15, 0.2) is 0 Å². The van der Waals surface area contributed by atoms with Gasteiger partial charge >= 0.3 is 0 Å². The average molecular weight is 382 g/mol. The van der Waals surface area contributed by atoms with E-state index in [9.17, 15) is 12.8 Å². The number of rotatable bonds is 4. The van der Waals surface area contributed by atoms with Crippen molar-refractivity contribution in [3.8, 4) is 0 Å². The molecule has 1 aliphatic rings. The van der Waals surface area contributed by atoms with Crippen molar-refractivity contribution in [3.63, 3.8) is 0 Å². The van der Waals surface area contributed by atoms with Gasteiger partial charge in [0.25, 0.3) is 0 Å². The van der Waals surface area contributed by atoms with Gasteiger partial charge in [0.2, 0.25) is 10.0 Å². The zero-order valence-corrected chi connectivity index (χ0v) is 14.3. The summed E-state index contributed by atoms with van der Waals surface area (Å²) < 4.78 is 40.8. The molecule has 0 amide bonds. The molecule has 1 aromatic carbocycles. The Kier molecular flexibility index (Phi) is 5.50. The lowest BCUT2D eigenvalue weighted by Crippen LogP contribution is -2.38. The van der Waals surface area contributed by atoms with Gasteiger partial charge in [-0.05, 0) is 66.1 Å². The van der Waals surface area contributed by atoms with Gasteiger partial charge in [0.1, 0.15) is 5.82 Å². The van der Waals surface area contributed by atoms with Crippen LogP contribution in [0.2, 0.25) is 0 Å². The van der Waals surface area contributed by atoms with Crippen molar-refractivity contribution in [1.82, 2.24) is 4.72 Å². The van der Waals surface area contributed by atoms with E-state index in [0.717, 1.165) is 31.7 Å². The number of benzene rings is 1. The van der Waals surface area contributed by atoms with Crippen LogP contribution in [-0.4, -0.2) is 26.0 Å². The Morgan fingerprint density at radius 2 is 1.95 bits per heavy atom. The van der Waals surface area contributed by atoms with E-state index in [2.05, 4.69) is 26.9 Å². The van der Waals surface area contributed by atoms with E-state index in [1.165, 1.54) is 12.1 Å². The minimum atomic E-state index is -3.64. The molecule has 0 aliphatic heterocycles.